The third-order valence-corrected chi connectivity index (χ3v) is 6.96. The van der Waals surface area contributed by atoms with Gasteiger partial charge in [-0.05, 0) is 37.3 Å². The van der Waals surface area contributed by atoms with Gasteiger partial charge in [-0.3, -0.25) is 19.7 Å². The molecular formula is C29H21ClN4O5S. The van der Waals surface area contributed by atoms with Gasteiger partial charge < -0.3 is 10.1 Å². The topological polar surface area (TPSA) is 118 Å². The molecule has 0 aliphatic carbocycles. The quantitative estimate of drug-likeness (QED) is 0.206. The smallest absolute Gasteiger partial charge is 0.340 e. The van der Waals surface area contributed by atoms with Crippen molar-refractivity contribution in [2.24, 2.45) is 0 Å². The number of esters is 1. The summed E-state index contributed by atoms with van der Waals surface area (Å²) in [7, 11) is 0. The molecule has 2 heterocycles. The fourth-order valence-corrected chi connectivity index (χ4v) is 4.93. The number of hydrogen-bond acceptors (Lipinski definition) is 8. The SMILES string of the molecule is CCOC(=O)c1ccccc1N1C(=O)C(Cl)=C(Nc2cccc(C(=O)Nc3nc(-c4ccccc4)cs3)c2)C1=O. The predicted molar refractivity (Wildman–Crippen MR) is 153 cm³/mol. The highest BCUT2D eigenvalue weighted by molar-refractivity contribution is 7.14. The standard InChI is InChI=1S/C29H21ClN4O5S/c1-2-39-28(38)20-13-6-7-14-22(20)34-26(36)23(30)24(27(34)37)31-19-12-8-11-18(15-19)25(35)33-29-32-21(16-40-29)17-9-4-3-5-10-17/h3-16,31H,2H2,1H3,(H,32,33,35). The Morgan fingerprint density at radius 3 is 2.50 bits per heavy atom. The van der Waals surface area contributed by atoms with Crippen molar-refractivity contribution < 1.29 is 23.9 Å². The summed E-state index contributed by atoms with van der Waals surface area (Å²) in [6, 6.07) is 22.1. The van der Waals surface area contributed by atoms with E-state index in [4.69, 9.17) is 16.3 Å². The minimum Gasteiger partial charge on any atom is -0.462 e. The number of ether oxygens (including phenoxy) is 1. The van der Waals surface area contributed by atoms with Gasteiger partial charge in [-0.2, -0.15) is 0 Å². The van der Waals surface area contributed by atoms with E-state index >= 15 is 0 Å². The maximum atomic E-state index is 13.3. The molecule has 0 atom stereocenters. The van der Waals surface area contributed by atoms with E-state index in [9.17, 15) is 19.2 Å². The first kappa shape index (κ1) is 26.8. The molecule has 1 aliphatic rings. The van der Waals surface area contributed by atoms with Gasteiger partial charge in [0, 0.05) is 22.2 Å². The van der Waals surface area contributed by atoms with Gasteiger partial charge in [-0.15, -0.1) is 11.3 Å². The number of thiazole rings is 1. The second-order valence-corrected chi connectivity index (χ2v) is 9.67. The highest BCUT2D eigenvalue weighted by Crippen LogP contribution is 2.33. The van der Waals surface area contributed by atoms with E-state index in [1.807, 2.05) is 35.7 Å². The van der Waals surface area contributed by atoms with Crippen molar-refractivity contribution in [3.05, 3.63) is 106 Å². The zero-order chi connectivity index (χ0) is 28.2. The lowest BCUT2D eigenvalue weighted by molar-refractivity contribution is -0.120. The number of imide groups is 1. The second kappa shape index (κ2) is 11.5. The number of benzene rings is 3. The van der Waals surface area contributed by atoms with E-state index < -0.39 is 23.7 Å². The van der Waals surface area contributed by atoms with Crippen molar-refractivity contribution in [1.29, 1.82) is 0 Å². The van der Waals surface area contributed by atoms with Gasteiger partial charge >= 0.3 is 5.97 Å². The molecule has 4 aromatic rings. The summed E-state index contributed by atoms with van der Waals surface area (Å²) in [6.07, 6.45) is 0. The van der Waals surface area contributed by atoms with Crippen molar-refractivity contribution in [3.8, 4) is 11.3 Å². The van der Waals surface area contributed by atoms with Gasteiger partial charge in [0.2, 0.25) is 0 Å². The van der Waals surface area contributed by atoms with E-state index in [1.165, 1.54) is 29.5 Å². The van der Waals surface area contributed by atoms with Crippen LogP contribution in [0, 0.1) is 0 Å². The first-order chi connectivity index (χ1) is 19.4. The van der Waals surface area contributed by atoms with E-state index in [2.05, 4.69) is 15.6 Å². The van der Waals surface area contributed by atoms with Crippen LogP contribution in [0.15, 0.2) is 95.0 Å². The summed E-state index contributed by atoms with van der Waals surface area (Å²) in [5.41, 5.74) is 2.24. The maximum absolute atomic E-state index is 13.3. The first-order valence-electron chi connectivity index (χ1n) is 12.1. The molecule has 40 heavy (non-hydrogen) atoms. The van der Waals surface area contributed by atoms with E-state index in [-0.39, 0.29) is 28.6 Å². The number of carbonyl (C=O) groups is 4. The summed E-state index contributed by atoms with van der Waals surface area (Å²) in [5.74, 6) is -2.63. The molecule has 0 fully saturated rings. The number of anilines is 3. The average molecular weight is 573 g/mol. The molecule has 3 aromatic carbocycles. The third kappa shape index (κ3) is 5.35. The Bertz CT molecular complexity index is 1670. The highest BCUT2D eigenvalue weighted by Gasteiger charge is 2.40. The molecular weight excluding hydrogens is 552 g/mol. The minimum absolute atomic E-state index is 0.0491. The fourth-order valence-electron chi connectivity index (χ4n) is 4.00. The number of hydrogen-bond donors (Lipinski definition) is 2. The summed E-state index contributed by atoms with van der Waals surface area (Å²) < 4.78 is 5.06. The van der Waals surface area contributed by atoms with Crippen LogP contribution in [-0.4, -0.2) is 35.3 Å². The summed E-state index contributed by atoms with van der Waals surface area (Å²) in [6.45, 7) is 1.78. The van der Waals surface area contributed by atoms with Crippen LogP contribution in [0.2, 0.25) is 0 Å². The molecule has 1 aliphatic heterocycles. The normalized spacial score (nSPS) is 13.0. The highest BCUT2D eigenvalue weighted by atomic mass is 35.5. The fraction of sp³-hybridized carbons (Fsp3) is 0.0690. The van der Waals surface area contributed by atoms with Crippen LogP contribution in [-0.2, 0) is 14.3 Å². The number of halogens is 1. The summed E-state index contributed by atoms with van der Waals surface area (Å²) in [5, 5.41) is 7.57. The number of nitrogens with one attached hydrogen (secondary N) is 2. The van der Waals surface area contributed by atoms with E-state index in [1.54, 1.807) is 37.3 Å². The minimum atomic E-state index is -0.794. The third-order valence-electron chi connectivity index (χ3n) is 5.86. The van der Waals surface area contributed by atoms with Crippen LogP contribution in [0.5, 0.6) is 0 Å². The Kier molecular flexibility index (Phi) is 7.72. The number of aromatic nitrogens is 1. The van der Waals surface area contributed by atoms with Crippen LogP contribution in [0.1, 0.15) is 27.6 Å². The lowest BCUT2D eigenvalue weighted by atomic mass is 10.1. The lowest BCUT2D eigenvalue weighted by Gasteiger charge is -2.18. The van der Waals surface area contributed by atoms with Crippen molar-refractivity contribution in [2.45, 2.75) is 6.92 Å². The molecule has 0 saturated heterocycles. The van der Waals surface area contributed by atoms with Crippen LogP contribution < -0.4 is 15.5 Å². The Balaban J connectivity index is 1.33. The first-order valence-corrected chi connectivity index (χ1v) is 13.4. The Morgan fingerprint density at radius 2 is 1.73 bits per heavy atom. The van der Waals surface area contributed by atoms with Gasteiger partial charge in [0.25, 0.3) is 17.7 Å². The van der Waals surface area contributed by atoms with E-state index in [0.717, 1.165) is 16.2 Å². The molecule has 9 nitrogen and oxygen atoms in total. The van der Waals surface area contributed by atoms with Crippen LogP contribution in [0.25, 0.3) is 11.3 Å². The molecule has 200 valence electrons. The van der Waals surface area contributed by atoms with Gasteiger partial charge in [-0.25, -0.2) is 14.7 Å². The van der Waals surface area contributed by atoms with Gasteiger partial charge in [0.1, 0.15) is 10.7 Å². The number of para-hydroxylation sites is 1. The zero-order valence-corrected chi connectivity index (χ0v) is 22.6. The van der Waals surface area contributed by atoms with Crippen LogP contribution in [0.3, 0.4) is 0 Å². The molecule has 5 rings (SSSR count). The lowest BCUT2D eigenvalue weighted by Crippen LogP contribution is -2.33. The summed E-state index contributed by atoms with van der Waals surface area (Å²) in [4.78, 5) is 56.9. The van der Waals surface area contributed by atoms with Gasteiger partial charge in [-0.1, -0.05) is 60.1 Å². The van der Waals surface area contributed by atoms with Gasteiger partial charge in [0.15, 0.2) is 5.13 Å². The maximum Gasteiger partial charge on any atom is 0.340 e. The molecule has 0 radical (unpaired) electrons. The number of carbonyl (C=O) groups excluding carboxylic acids is 4. The molecule has 3 amide bonds. The second-order valence-electron chi connectivity index (χ2n) is 8.44. The molecule has 0 bridgehead atoms. The molecule has 11 heteroatoms. The Hall–Kier alpha value is -4.80. The number of amides is 3. The largest absolute Gasteiger partial charge is 0.462 e. The average Bonchev–Trinajstić information content (AvgIpc) is 3.52. The van der Waals surface area contributed by atoms with Crippen LogP contribution in [0.4, 0.5) is 16.5 Å². The monoisotopic (exact) mass is 572 g/mol. The molecule has 2 N–H and O–H groups in total. The number of nitrogens with zero attached hydrogens (tertiary/aromatic N) is 2. The molecule has 0 spiro atoms. The van der Waals surface area contributed by atoms with Crippen molar-refractivity contribution in [2.75, 3.05) is 22.1 Å². The van der Waals surface area contributed by atoms with Crippen LogP contribution >= 0.6 is 22.9 Å². The number of rotatable bonds is 8. The predicted octanol–water partition coefficient (Wildman–Crippen LogP) is 5.67. The Morgan fingerprint density at radius 1 is 0.975 bits per heavy atom. The molecule has 1 aromatic heterocycles. The molecule has 0 saturated carbocycles. The van der Waals surface area contributed by atoms with Crippen molar-refractivity contribution in [1.82, 2.24) is 4.98 Å². The molecule has 0 unspecified atom stereocenters. The Labute approximate surface area is 238 Å². The van der Waals surface area contributed by atoms with Crippen molar-refractivity contribution in [3.63, 3.8) is 0 Å². The summed E-state index contributed by atoms with van der Waals surface area (Å²) >= 11 is 7.58. The van der Waals surface area contributed by atoms with E-state index in [0.29, 0.717) is 16.4 Å². The van der Waals surface area contributed by atoms with Crippen molar-refractivity contribution >= 4 is 63.1 Å². The van der Waals surface area contributed by atoms with Gasteiger partial charge in [0.05, 0.1) is 23.6 Å². The zero-order valence-electron chi connectivity index (χ0n) is 21.0.